The minimum absolute atomic E-state index is 0.196. The lowest BCUT2D eigenvalue weighted by molar-refractivity contribution is 0.0120. The van der Waals surface area contributed by atoms with Gasteiger partial charge in [0.2, 0.25) is 0 Å². The summed E-state index contributed by atoms with van der Waals surface area (Å²) in [6, 6.07) is 5.08. The first kappa shape index (κ1) is 16.2. The van der Waals surface area contributed by atoms with Crippen LogP contribution in [0.2, 0.25) is 0 Å². The molecule has 0 spiro atoms. The largest absolute Gasteiger partial charge is 0.375 e. The standard InChI is InChI=1S/C18H25FN2O2/c1-18(2)15(7-8-23-18)11-21-17(22)20-10-14-6-5-13(9-16(14)19)12-3-4-12/h5-6,9,12,15H,3-4,7-8,10-11H2,1-2H3,(H2,20,21,22)/t15-/m1/s1. The predicted octanol–water partition coefficient (Wildman–Crippen LogP) is 3.32. The second kappa shape index (κ2) is 6.48. The summed E-state index contributed by atoms with van der Waals surface area (Å²) in [6.45, 7) is 5.59. The number of rotatable bonds is 5. The van der Waals surface area contributed by atoms with Crippen LogP contribution in [0.1, 0.15) is 50.2 Å². The molecule has 3 rings (SSSR count). The topological polar surface area (TPSA) is 50.4 Å². The summed E-state index contributed by atoms with van der Waals surface area (Å²) < 4.78 is 19.7. The molecule has 1 aromatic rings. The minimum Gasteiger partial charge on any atom is -0.375 e. The van der Waals surface area contributed by atoms with Gasteiger partial charge in [0.1, 0.15) is 5.82 Å². The Hall–Kier alpha value is -1.62. The molecule has 1 aliphatic carbocycles. The lowest BCUT2D eigenvalue weighted by Crippen LogP contribution is -2.42. The highest BCUT2D eigenvalue weighted by molar-refractivity contribution is 5.73. The first-order valence-corrected chi connectivity index (χ1v) is 8.39. The third-order valence-electron chi connectivity index (χ3n) is 5.00. The summed E-state index contributed by atoms with van der Waals surface area (Å²) in [5, 5.41) is 5.58. The van der Waals surface area contributed by atoms with Crippen molar-refractivity contribution in [3.63, 3.8) is 0 Å². The van der Waals surface area contributed by atoms with Crippen molar-refractivity contribution >= 4 is 6.03 Å². The van der Waals surface area contributed by atoms with Gasteiger partial charge in [-0.25, -0.2) is 9.18 Å². The van der Waals surface area contributed by atoms with E-state index in [4.69, 9.17) is 4.74 Å². The van der Waals surface area contributed by atoms with E-state index in [2.05, 4.69) is 10.6 Å². The van der Waals surface area contributed by atoms with E-state index in [0.717, 1.165) is 31.4 Å². The lowest BCUT2D eigenvalue weighted by Gasteiger charge is -2.25. The van der Waals surface area contributed by atoms with E-state index >= 15 is 0 Å². The highest BCUT2D eigenvalue weighted by atomic mass is 19.1. The van der Waals surface area contributed by atoms with Gasteiger partial charge in [0.15, 0.2) is 0 Å². The van der Waals surface area contributed by atoms with Crippen molar-refractivity contribution in [2.24, 2.45) is 5.92 Å². The zero-order chi connectivity index (χ0) is 16.4. The zero-order valence-electron chi connectivity index (χ0n) is 13.8. The summed E-state index contributed by atoms with van der Waals surface area (Å²) in [5.41, 5.74) is 1.39. The van der Waals surface area contributed by atoms with Crippen LogP contribution < -0.4 is 10.6 Å². The van der Waals surface area contributed by atoms with Gasteiger partial charge in [-0.3, -0.25) is 0 Å². The number of nitrogens with one attached hydrogen (secondary N) is 2. The van der Waals surface area contributed by atoms with E-state index in [1.807, 2.05) is 19.9 Å². The highest BCUT2D eigenvalue weighted by Gasteiger charge is 2.35. The average Bonchev–Trinajstić information content (AvgIpc) is 3.28. The van der Waals surface area contributed by atoms with Gasteiger partial charge in [0.05, 0.1) is 5.60 Å². The molecule has 1 aliphatic heterocycles. The zero-order valence-corrected chi connectivity index (χ0v) is 13.8. The molecule has 0 unspecified atom stereocenters. The average molecular weight is 320 g/mol. The first-order valence-electron chi connectivity index (χ1n) is 8.39. The smallest absolute Gasteiger partial charge is 0.315 e. The van der Waals surface area contributed by atoms with Crippen LogP contribution in [-0.2, 0) is 11.3 Å². The normalized spacial score (nSPS) is 22.8. The van der Waals surface area contributed by atoms with E-state index in [-0.39, 0.29) is 24.0 Å². The number of hydrogen-bond donors (Lipinski definition) is 2. The summed E-state index contributed by atoms with van der Waals surface area (Å²) in [7, 11) is 0. The van der Waals surface area contributed by atoms with Crippen molar-refractivity contribution in [3.8, 4) is 0 Å². The summed E-state index contributed by atoms with van der Waals surface area (Å²) in [4.78, 5) is 11.9. The van der Waals surface area contributed by atoms with Gasteiger partial charge < -0.3 is 15.4 Å². The first-order chi connectivity index (χ1) is 11.0. The van der Waals surface area contributed by atoms with Crippen LogP contribution in [0.3, 0.4) is 0 Å². The van der Waals surface area contributed by atoms with Crippen molar-refractivity contribution < 1.29 is 13.9 Å². The van der Waals surface area contributed by atoms with Crippen molar-refractivity contribution in [1.29, 1.82) is 0 Å². The molecule has 1 saturated heterocycles. The molecule has 2 N–H and O–H groups in total. The molecule has 2 fully saturated rings. The maximum absolute atomic E-state index is 14.0. The fraction of sp³-hybridized carbons (Fsp3) is 0.611. The van der Waals surface area contributed by atoms with Crippen LogP contribution in [0.4, 0.5) is 9.18 Å². The Bertz CT molecular complexity index is 584. The summed E-state index contributed by atoms with van der Waals surface area (Å²) in [5.74, 6) is 0.606. The van der Waals surface area contributed by atoms with Gasteiger partial charge in [-0.15, -0.1) is 0 Å². The van der Waals surface area contributed by atoms with Crippen LogP contribution in [-0.4, -0.2) is 24.8 Å². The molecule has 0 bridgehead atoms. The van der Waals surface area contributed by atoms with Crippen molar-refractivity contribution in [3.05, 3.63) is 35.1 Å². The fourth-order valence-corrected chi connectivity index (χ4v) is 3.11. The summed E-state index contributed by atoms with van der Waals surface area (Å²) in [6.07, 6.45) is 3.26. The molecule has 5 heteroatoms. The monoisotopic (exact) mass is 320 g/mol. The van der Waals surface area contributed by atoms with Crippen molar-refractivity contribution in [1.82, 2.24) is 10.6 Å². The highest BCUT2D eigenvalue weighted by Crippen LogP contribution is 2.40. The molecule has 1 saturated carbocycles. The molecule has 1 aromatic carbocycles. The Kier molecular flexibility index (Phi) is 4.57. The maximum atomic E-state index is 14.0. The van der Waals surface area contributed by atoms with Crippen LogP contribution in [0.5, 0.6) is 0 Å². The Labute approximate surface area is 136 Å². The number of ether oxygens (including phenoxy) is 1. The van der Waals surface area contributed by atoms with E-state index in [1.54, 1.807) is 12.1 Å². The van der Waals surface area contributed by atoms with Gasteiger partial charge in [-0.1, -0.05) is 12.1 Å². The van der Waals surface area contributed by atoms with Gasteiger partial charge in [0.25, 0.3) is 0 Å². The SMILES string of the molecule is CC1(C)OCC[C@@H]1CNC(=O)NCc1ccc(C2CC2)cc1F. The molecular formula is C18H25FN2O2. The molecule has 1 heterocycles. The van der Waals surface area contributed by atoms with Crippen LogP contribution in [0.15, 0.2) is 18.2 Å². The molecule has 23 heavy (non-hydrogen) atoms. The molecule has 0 radical (unpaired) electrons. The Morgan fingerprint density at radius 3 is 2.70 bits per heavy atom. The quantitative estimate of drug-likeness (QED) is 0.874. The number of urea groups is 1. The minimum atomic E-state index is -0.265. The number of amides is 2. The van der Waals surface area contributed by atoms with Gasteiger partial charge >= 0.3 is 6.03 Å². The Balaban J connectivity index is 1.45. The number of carbonyl (C=O) groups is 1. The second-order valence-electron chi connectivity index (χ2n) is 7.13. The third-order valence-corrected chi connectivity index (χ3v) is 5.00. The molecule has 4 nitrogen and oxygen atoms in total. The Morgan fingerprint density at radius 2 is 2.09 bits per heavy atom. The van der Waals surface area contributed by atoms with Gasteiger partial charge in [-0.05, 0) is 50.7 Å². The fourth-order valence-electron chi connectivity index (χ4n) is 3.11. The van der Waals surface area contributed by atoms with Gasteiger partial charge in [-0.2, -0.15) is 0 Å². The van der Waals surface area contributed by atoms with E-state index < -0.39 is 0 Å². The van der Waals surface area contributed by atoms with E-state index in [1.165, 1.54) is 0 Å². The maximum Gasteiger partial charge on any atom is 0.315 e. The molecular weight excluding hydrogens is 295 g/mol. The van der Waals surface area contributed by atoms with Gasteiger partial charge in [0, 0.05) is 31.2 Å². The summed E-state index contributed by atoms with van der Waals surface area (Å²) >= 11 is 0. The van der Waals surface area contributed by atoms with E-state index in [0.29, 0.717) is 23.9 Å². The molecule has 126 valence electrons. The number of carbonyl (C=O) groups excluding carboxylic acids is 1. The van der Waals surface area contributed by atoms with Crippen LogP contribution >= 0.6 is 0 Å². The lowest BCUT2D eigenvalue weighted by atomic mass is 9.91. The molecule has 2 amide bonds. The Morgan fingerprint density at radius 1 is 1.30 bits per heavy atom. The number of benzene rings is 1. The van der Waals surface area contributed by atoms with Crippen molar-refractivity contribution in [2.45, 2.75) is 51.2 Å². The van der Waals surface area contributed by atoms with Crippen molar-refractivity contribution in [2.75, 3.05) is 13.2 Å². The van der Waals surface area contributed by atoms with Crippen LogP contribution in [0.25, 0.3) is 0 Å². The number of halogens is 1. The molecule has 2 aliphatic rings. The van der Waals surface area contributed by atoms with Crippen LogP contribution in [0, 0.1) is 11.7 Å². The predicted molar refractivity (Wildman–Crippen MR) is 86.8 cm³/mol. The number of hydrogen-bond acceptors (Lipinski definition) is 2. The molecule has 1 atom stereocenters. The molecule has 0 aromatic heterocycles. The van der Waals surface area contributed by atoms with E-state index in [9.17, 15) is 9.18 Å². The second-order valence-corrected chi connectivity index (χ2v) is 7.13. The third kappa shape index (κ3) is 4.02.